The average molecular weight is 351 g/mol. The van der Waals surface area contributed by atoms with Crippen LogP contribution in [0.3, 0.4) is 0 Å². The number of aryl methyl sites for hydroxylation is 1. The van der Waals surface area contributed by atoms with Crippen molar-refractivity contribution in [3.05, 3.63) is 18.0 Å². The van der Waals surface area contributed by atoms with E-state index in [1.54, 1.807) is 16.6 Å². The lowest BCUT2D eigenvalue weighted by atomic mass is 10.4. The van der Waals surface area contributed by atoms with Crippen LogP contribution in [0.15, 0.2) is 17.2 Å². The summed E-state index contributed by atoms with van der Waals surface area (Å²) in [6.45, 7) is 8.17. The highest BCUT2D eigenvalue weighted by Gasteiger charge is 2.32. The first kappa shape index (κ1) is 17.2. The lowest BCUT2D eigenvalue weighted by Gasteiger charge is -2.33. The summed E-state index contributed by atoms with van der Waals surface area (Å²) in [6.07, 6.45) is 2.68. The highest BCUT2D eigenvalue weighted by molar-refractivity contribution is 8.00. The van der Waals surface area contributed by atoms with E-state index in [1.165, 1.54) is 0 Å². The maximum Gasteiger partial charge on any atom is 0.244 e. The van der Waals surface area contributed by atoms with Gasteiger partial charge in [0.2, 0.25) is 10.0 Å². The molecule has 2 heterocycles. The molecule has 0 aliphatic carbocycles. The first-order valence-electron chi connectivity index (χ1n) is 7.29. The van der Waals surface area contributed by atoms with E-state index in [0.29, 0.717) is 34.4 Å². The predicted molar refractivity (Wildman–Crippen MR) is 89.6 cm³/mol. The minimum atomic E-state index is -3.42. The Morgan fingerprint density at radius 1 is 1.33 bits per heavy atom. The molecule has 120 valence electrons. The van der Waals surface area contributed by atoms with Crippen molar-refractivity contribution in [1.29, 1.82) is 0 Å². The molecule has 1 aromatic heterocycles. The molecule has 1 aromatic rings. The molecule has 2 unspecified atom stereocenters. The van der Waals surface area contributed by atoms with Crippen molar-refractivity contribution in [1.82, 2.24) is 8.87 Å². The molecule has 0 N–H and O–H groups in total. The van der Waals surface area contributed by atoms with E-state index in [-0.39, 0.29) is 0 Å². The molecule has 4 nitrogen and oxygen atoms in total. The zero-order chi connectivity index (χ0) is 15.6. The number of alkyl halides is 1. The van der Waals surface area contributed by atoms with Crippen molar-refractivity contribution in [3.63, 3.8) is 0 Å². The normalized spacial score (nSPS) is 24.4. The van der Waals surface area contributed by atoms with Crippen molar-refractivity contribution in [3.8, 4) is 0 Å². The lowest BCUT2D eigenvalue weighted by Crippen LogP contribution is -2.43. The van der Waals surface area contributed by atoms with Gasteiger partial charge < -0.3 is 4.57 Å². The van der Waals surface area contributed by atoms with Crippen LogP contribution in [-0.2, 0) is 22.4 Å². The number of thioether (sulfide) groups is 1. The molecule has 0 radical (unpaired) electrons. The molecule has 1 saturated heterocycles. The van der Waals surface area contributed by atoms with E-state index < -0.39 is 10.0 Å². The third-order valence-corrected chi connectivity index (χ3v) is 6.88. The molecule has 2 rings (SSSR count). The van der Waals surface area contributed by atoms with Crippen molar-refractivity contribution < 1.29 is 8.42 Å². The molecule has 0 bridgehead atoms. The molecule has 0 saturated carbocycles. The first-order chi connectivity index (χ1) is 9.88. The fourth-order valence-electron chi connectivity index (χ4n) is 2.70. The zero-order valence-electron chi connectivity index (χ0n) is 12.8. The number of rotatable bonds is 5. The van der Waals surface area contributed by atoms with Gasteiger partial charge in [-0.2, -0.15) is 16.1 Å². The number of hydrogen-bond acceptors (Lipinski definition) is 3. The Hall–Kier alpha value is -0.170. The van der Waals surface area contributed by atoms with Crippen molar-refractivity contribution >= 4 is 33.4 Å². The summed E-state index contributed by atoms with van der Waals surface area (Å²) in [5.41, 5.74) is 0.865. The summed E-state index contributed by atoms with van der Waals surface area (Å²) in [5.74, 6) is 0.332. The van der Waals surface area contributed by atoms with Crippen molar-refractivity contribution in [2.24, 2.45) is 0 Å². The molecule has 1 aliphatic rings. The summed E-state index contributed by atoms with van der Waals surface area (Å²) in [6, 6.07) is 1.72. The predicted octanol–water partition coefficient (Wildman–Crippen LogP) is 3.15. The highest BCUT2D eigenvalue weighted by Crippen LogP contribution is 2.29. The van der Waals surface area contributed by atoms with E-state index in [9.17, 15) is 8.42 Å². The smallest absolute Gasteiger partial charge is 0.244 e. The van der Waals surface area contributed by atoms with E-state index in [2.05, 4.69) is 20.8 Å². The van der Waals surface area contributed by atoms with Gasteiger partial charge in [0.15, 0.2) is 0 Å². The summed E-state index contributed by atoms with van der Waals surface area (Å²) in [4.78, 5) is 0.373. The van der Waals surface area contributed by atoms with E-state index in [1.807, 2.05) is 16.3 Å². The van der Waals surface area contributed by atoms with Gasteiger partial charge in [0, 0.05) is 42.0 Å². The Bertz CT molecular complexity index is 576. The van der Waals surface area contributed by atoms with Crippen LogP contribution >= 0.6 is 23.4 Å². The minimum absolute atomic E-state index is 0.328. The second kappa shape index (κ2) is 6.94. The molecule has 2 atom stereocenters. The molecule has 21 heavy (non-hydrogen) atoms. The Morgan fingerprint density at radius 3 is 2.48 bits per heavy atom. The number of nitrogens with zero attached hydrogens (tertiary/aromatic N) is 2. The van der Waals surface area contributed by atoms with Gasteiger partial charge in [0.25, 0.3) is 0 Å². The van der Waals surface area contributed by atoms with Gasteiger partial charge in [-0.05, 0) is 12.5 Å². The maximum absolute atomic E-state index is 12.8. The van der Waals surface area contributed by atoms with Gasteiger partial charge in [-0.15, -0.1) is 11.6 Å². The number of hydrogen-bond donors (Lipinski definition) is 0. The van der Waals surface area contributed by atoms with Crippen LogP contribution in [0.4, 0.5) is 0 Å². The third-order valence-electron chi connectivity index (χ3n) is 3.59. The van der Waals surface area contributed by atoms with Gasteiger partial charge in [-0.25, -0.2) is 8.42 Å². The molecular formula is C14H23ClN2O2S2. The minimum Gasteiger partial charge on any atom is -0.349 e. The van der Waals surface area contributed by atoms with Crippen LogP contribution in [-0.4, -0.2) is 40.9 Å². The van der Waals surface area contributed by atoms with Crippen LogP contribution in [0, 0.1) is 0 Å². The van der Waals surface area contributed by atoms with Crippen LogP contribution < -0.4 is 0 Å². The number of aromatic nitrogens is 1. The Morgan fingerprint density at radius 2 is 1.95 bits per heavy atom. The Labute approximate surface area is 136 Å². The number of halogens is 1. The van der Waals surface area contributed by atoms with Gasteiger partial charge in [-0.3, -0.25) is 0 Å². The average Bonchev–Trinajstić information content (AvgIpc) is 2.82. The van der Waals surface area contributed by atoms with Crippen LogP contribution in [0.2, 0.25) is 0 Å². The first-order valence-corrected chi connectivity index (χ1v) is 10.2. The van der Waals surface area contributed by atoms with Crippen LogP contribution in [0.25, 0.3) is 0 Å². The van der Waals surface area contributed by atoms with Gasteiger partial charge in [-0.1, -0.05) is 20.8 Å². The third kappa shape index (κ3) is 3.78. The number of sulfonamides is 1. The van der Waals surface area contributed by atoms with Crippen molar-refractivity contribution in [2.75, 3.05) is 13.1 Å². The molecular weight excluding hydrogens is 328 g/mol. The summed E-state index contributed by atoms with van der Waals surface area (Å²) >= 11 is 7.78. The highest BCUT2D eigenvalue weighted by atomic mass is 35.5. The van der Waals surface area contributed by atoms with Gasteiger partial charge in [0.05, 0.1) is 5.88 Å². The van der Waals surface area contributed by atoms with Gasteiger partial charge >= 0.3 is 0 Å². The molecule has 0 spiro atoms. The molecule has 0 aromatic carbocycles. The lowest BCUT2D eigenvalue weighted by molar-refractivity contribution is 0.404. The van der Waals surface area contributed by atoms with E-state index in [4.69, 9.17) is 11.6 Å². The Kier molecular flexibility index (Phi) is 5.68. The van der Waals surface area contributed by atoms with E-state index >= 15 is 0 Å². The zero-order valence-corrected chi connectivity index (χ0v) is 15.1. The second-order valence-corrected chi connectivity index (χ2v) is 9.66. The molecule has 1 aliphatic heterocycles. The fraction of sp³-hybridized carbons (Fsp3) is 0.714. The maximum atomic E-state index is 12.8. The van der Waals surface area contributed by atoms with Crippen LogP contribution in [0.1, 0.15) is 32.9 Å². The fourth-order valence-corrected chi connectivity index (χ4v) is 6.13. The van der Waals surface area contributed by atoms with Crippen LogP contribution in [0.5, 0.6) is 0 Å². The summed E-state index contributed by atoms with van der Waals surface area (Å²) in [5, 5.41) is 0.655. The summed E-state index contributed by atoms with van der Waals surface area (Å²) in [7, 11) is -3.42. The molecule has 7 heteroatoms. The van der Waals surface area contributed by atoms with E-state index in [0.717, 1.165) is 18.7 Å². The quantitative estimate of drug-likeness (QED) is 0.766. The largest absolute Gasteiger partial charge is 0.349 e. The molecule has 0 amide bonds. The van der Waals surface area contributed by atoms with Gasteiger partial charge in [0.1, 0.15) is 4.90 Å². The summed E-state index contributed by atoms with van der Waals surface area (Å²) < 4.78 is 29.2. The molecule has 1 fully saturated rings. The topological polar surface area (TPSA) is 42.3 Å². The van der Waals surface area contributed by atoms with Crippen molar-refractivity contribution in [2.45, 2.75) is 55.0 Å². The second-order valence-electron chi connectivity index (χ2n) is 5.57. The Balaban J connectivity index is 2.30. The monoisotopic (exact) mass is 350 g/mol. The standard InChI is InChI=1S/C14H23ClN2O2S2/c1-4-5-16-10-14(6-13(16)7-15)21(18,19)17-8-11(2)20-12(3)9-17/h6,10-12H,4-5,7-9H2,1-3H3. The SMILES string of the molecule is CCCn1cc(S(=O)(=O)N2CC(C)SC(C)C2)cc1CCl.